The maximum atomic E-state index is 13.3. The fraction of sp³-hybridized carbons (Fsp3) is 0.227. The molecule has 0 atom stereocenters. The lowest BCUT2D eigenvalue weighted by atomic mass is 9.99. The summed E-state index contributed by atoms with van der Waals surface area (Å²) in [5, 5.41) is 0. The van der Waals surface area contributed by atoms with Crippen LogP contribution in [-0.4, -0.2) is 5.78 Å². The highest BCUT2D eigenvalue weighted by molar-refractivity contribution is 5.94. The van der Waals surface area contributed by atoms with Crippen LogP contribution in [0.4, 0.5) is 13.2 Å². The zero-order valence-corrected chi connectivity index (χ0v) is 14.8. The highest BCUT2D eigenvalue weighted by atomic mass is 19.4. The largest absolute Gasteiger partial charge is 0.488 e. The molecular formula is C22H19F3O2. The first-order valence-corrected chi connectivity index (χ1v) is 8.65. The molecule has 0 unspecified atom stereocenters. The molecule has 0 saturated heterocycles. The second-order valence-corrected chi connectivity index (χ2v) is 6.39. The van der Waals surface area contributed by atoms with Gasteiger partial charge in [0.05, 0.1) is 5.56 Å². The molecule has 5 heteroatoms. The van der Waals surface area contributed by atoms with Gasteiger partial charge in [-0.1, -0.05) is 42.5 Å². The summed E-state index contributed by atoms with van der Waals surface area (Å²) in [5.41, 5.74) is 2.05. The molecule has 0 N–H and O–H groups in total. The van der Waals surface area contributed by atoms with Crippen molar-refractivity contribution in [3.63, 3.8) is 0 Å². The van der Waals surface area contributed by atoms with Gasteiger partial charge in [0.15, 0.2) is 5.78 Å². The third-order valence-corrected chi connectivity index (χ3v) is 4.37. The lowest BCUT2D eigenvalue weighted by molar-refractivity contribution is -0.139. The average Bonchev–Trinajstić information content (AvgIpc) is 2.66. The Morgan fingerprint density at radius 3 is 2.41 bits per heavy atom. The van der Waals surface area contributed by atoms with E-state index in [1.54, 1.807) is 0 Å². The fourth-order valence-electron chi connectivity index (χ4n) is 2.88. The van der Waals surface area contributed by atoms with Crippen LogP contribution in [0.25, 0.3) is 5.57 Å². The van der Waals surface area contributed by atoms with E-state index in [0.29, 0.717) is 0 Å². The minimum absolute atomic E-state index is 0.00726. The van der Waals surface area contributed by atoms with Crippen molar-refractivity contribution >= 4 is 11.4 Å². The summed E-state index contributed by atoms with van der Waals surface area (Å²) >= 11 is 0. The molecule has 0 aliphatic heterocycles. The number of Topliss-reactive ketones (excluding diaryl/α,β-unsaturated/α-hetero) is 1. The summed E-state index contributed by atoms with van der Waals surface area (Å²) in [6, 6.07) is 10.9. The van der Waals surface area contributed by atoms with Crippen molar-refractivity contribution in [1.82, 2.24) is 0 Å². The van der Waals surface area contributed by atoms with Crippen molar-refractivity contribution in [3.8, 4) is 5.75 Å². The lowest BCUT2D eigenvalue weighted by Gasteiger charge is -2.15. The van der Waals surface area contributed by atoms with E-state index >= 15 is 0 Å². The molecule has 3 rings (SSSR count). The van der Waals surface area contributed by atoms with Crippen LogP contribution < -0.4 is 4.74 Å². The van der Waals surface area contributed by atoms with E-state index in [1.807, 2.05) is 24.3 Å². The number of hydrogen-bond donors (Lipinski definition) is 0. The van der Waals surface area contributed by atoms with E-state index in [9.17, 15) is 18.0 Å². The number of ketones is 1. The first-order chi connectivity index (χ1) is 12.8. The van der Waals surface area contributed by atoms with Crippen LogP contribution in [-0.2, 0) is 12.8 Å². The van der Waals surface area contributed by atoms with Crippen LogP contribution in [0, 0.1) is 0 Å². The molecule has 27 heavy (non-hydrogen) atoms. The molecule has 0 spiro atoms. The summed E-state index contributed by atoms with van der Waals surface area (Å²) < 4.78 is 45.2. The highest BCUT2D eigenvalue weighted by Crippen LogP contribution is 2.37. The van der Waals surface area contributed by atoms with Gasteiger partial charge in [0.1, 0.15) is 12.4 Å². The Morgan fingerprint density at radius 1 is 1.07 bits per heavy atom. The van der Waals surface area contributed by atoms with Gasteiger partial charge in [0, 0.05) is 5.56 Å². The summed E-state index contributed by atoms with van der Waals surface area (Å²) in [5.74, 6) is -0.705. The third kappa shape index (κ3) is 4.67. The Balaban J connectivity index is 1.75. The molecule has 2 nitrogen and oxygen atoms in total. The molecule has 0 radical (unpaired) electrons. The Morgan fingerprint density at radius 2 is 1.81 bits per heavy atom. The van der Waals surface area contributed by atoms with Crippen LogP contribution in [0.5, 0.6) is 5.75 Å². The zero-order valence-electron chi connectivity index (χ0n) is 14.8. The minimum Gasteiger partial charge on any atom is -0.488 e. The van der Waals surface area contributed by atoms with Gasteiger partial charge < -0.3 is 4.74 Å². The van der Waals surface area contributed by atoms with Gasteiger partial charge in [-0.05, 0) is 54.7 Å². The number of rotatable bonds is 5. The number of alkyl halides is 3. The maximum absolute atomic E-state index is 13.3. The van der Waals surface area contributed by atoms with Gasteiger partial charge >= 0.3 is 6.18 Å². The van der Waals surface area contributed by atoms with Gasteiger partial charge in [-0.2, -0.15) is 13.2 Å². The van der Waals surface area contributed by atoms with Crippen LogP contribution in [0.3, 0.4) is 0 Å². The standard InChI is InChI=1S/C22H19F3O2/c1-15(26)19-11-12-21(20(13-19)22(23,24)25)27-14-16-7-9-18(10-8-16)17-5-3-2-4-6-17/h3,5-13H,2,4,14H2,1H3. The molecule has 0 saturated carbocycles. The number of halogens is 3. The summed E-state index contributed by atoms with van der Waals surface area (Å²) in [7, 11) is 0. The second kappa shape index (κ2) is 7.82. The number of ether oxygens (including phenoxy) is 1. The Kier molecular flexibility index (Phi) is 5.49. The van der Waals surface area contributed by atoms with Gasteiger partial charge in [0.2, 0.25) is 0 Å². The SMILES string of the molecule is CC(=O)c1ccc(OCc2ccc(C3=CCCC=C3)cc2)c(C(F)(F)F)c1. The van der Waals surface area contributed by atoms with Crippen molar-refractivity contribution in [1.29, 1.82) is 0 Å². The summed E-state index contributed by atoms with van der Waals surface area (Å²) in [6.45, 7) is 1.24. The fourth-order valence-corrected chi connectivity index (χ4v) is 2.88. The predicted molar refractivity (Wildman–Crippen MR) is 98.6 cm³/mol. The monoisotopic (exact) mass is 372 g/mol. The molecule has 0 bridgehead atoms. The number of carbonyl (C=O) groups is 1. The molecule has 2 aromatic carbocycles. The quantitative estimate of drug-likeness (QED) is 0.582. The molecule has 0 amide bonds. The third-order valence-electron chi connectivity index (χ3n) is 4.37. The van der Waals surface area contributed by atoms with E-state index in [2.05, 4.69) is 18.2 Å². The smallest absolute Gasteiger partial charge is 0.419 e. The maximum Gasteiger partial charge on any atom is 0.419 e. The normalized spacial score (nSPS) is 14.0. The number of allylic oxidation sites excluding steroid dienone is 4. The van der Waals surface area contributed by atoms with Gasteiger partial charge in [0.25, 0.3) is 0 Å². The minimum atomic E-state index is -4.59. The molecule has 0 heterocycles. The van der Waals surface area contributed by atoms with E-state index < -0.39 is 17.5 Å². The highest BCUT2D eigenvalue weighted by Gasteiger charge is 2.35. The predicted octanol–water partition coefficient (Wildman–Crippen LogP) is 6.22. The van der Waals surface area contributed by atoms with Crippen LogP contribution >= 0.6 is 0 Å². The first kappa shape index (κ1) is 19.0. The van der Waals surface area contributed by atoms with Crippen molar-refractivity contribution in [2.75, 3.05) is 0 Å². The molecule has 1 aliphatic carbocycles. The zero-order chi connectivity index (χ0) is 19.4. The topological polar surface area (TPSA) is 26.3 Å². The lowest BCUT2D eigenvalue weighted by Crippen LogP contribution is -2.10. The van der Waals surface area contributed by atoms with Crippen molar-refractivity contribution in [2.45, 2.75) is 32.5 Å². The van der Waals surface area contributed by atoms with Crippen LogP contribution in [0.2, 0.25) is 0 Å². The molecule has 140 valence electrons. The van der Waals surface area contributed by atoms with Crippen LogP contribution in [0.15, 0.2) is 60.7 Å². The number of hydrogen-bond acceptors (Lipinski definition) is 2. The van der Waals surface area contributed by atoms with E-state index in [1.165, 1.54) is 19.1 Å². The van der Waals surface area contributed by atoms with Crippen molar-refractivity contribution in [3.05, 3.63) is 82.9 Å². The Hall–Kier alpha value is -2.82. The summed E-state index contributed by atoms with van der Waals surface area (Å²) in [6.07, 6.45) is 3.81. The van der Waals surface area contributed by atoms with Gasteiger partial charge in [-0.3, -0.25) is 4.79 Å². The Bertz CT molecular complexity index is 891. The molecular weight excluding hydrogens is 353 g/mol. The number of benzene rings is 2. The first-order valence-electron chi connectivity index (χ1n) is 8.65. The molecule has 2 aromatic rings. The molecule has 1 aliphatic rings. The average molecular weight is 372 g/mol. The van der Waals surface area contributed by atoms with Crippen molar-refractivity contribution < 1.29 is 22.7 Å². The number of carbonyl (C=O) groups excluding carboxylic acids is 1. The van der Waals surface area contributed by atoms with Gasteiger partial charge in [-0.15, -0.1) is 0 Å². The summed E-state index contributed by atoms with van der Waals surface area (Å²) in [4.78, 5) is 11.4. The molecule has 0 fully saturated rings. The van der Waals surface area contributed by atoms with Crippen LogP contribution in [0.1, 0.15) is 46.8 Å². The van der Waals surface area contributed by atoms with E-state index in [-0.39, 0.29) is 17.9 Å². The van der Waals surface area contributed by atoms with E-state index in [0.717, 1.165) is 35.6 Å². The molecule has 0 aromatic heterocycles. The Labute approximate surface area is 156 Å². The van der Waals surface area contributed by atoms with Crippen molar-refractivity contribution in [2.24, 2.45) is 0 Å². The second-order valence-electron chi connectivity index (χ2n) is 6.39. The van der Waals surface area contributed by atoms with Gasteiger partial charge in [-0.25, -0.2) is 0 Å². The van der Waals surface area contributed by atoms with E-state index in [4.69, 9.17) is 4.74 Å².